The summed E-state index contributed by atoms with van der Waals surface area (Å²) in [5, 5.41) is -0.0463. The van der Waals surface area contributed by atoms with Crippen molar-refractivity contribution >= 4 is 17.7 Å². The lowest BCUT2D eigenvalue weighted by Gasteiger charge is -2.22. The second-order valence-corrected chi connectivity index (χ2v) is 14.5. The van der Waals surface area contributed by atoms with Crippen molar-refractivity contribution in [3.8, 4) is 0 Å². The first kappa shape index (κ1) is 50.8. The van der Waals surface area contributed by atoms with Crippen LogP contribution in [0, 0.1) is 17.8 Å². The van der Waals surface area contributed by atoms with Crippen LogP contribution in [0.25, 0.3) is 0 Å². The lowest BCUT2D eigenvalue weighted by atomic mass is 9.84. The Balaban J connectivity index is -0.000000583. The molecule has 1 aliphatic rings. The lowest BCUT2D eigenvalue weighted by molar-refractivity contribution is -0.113. The highest BCUT2D eigenvalue weighted by molar-refractivity contribution is 7.96. The molecule has 0 amide bonds. The molecular formula is C46H84OS. The molecule has 0 radical (unpaired) electrons. The van der Waals surface area contributed by atoms with E-state index in [2.05, 4.69) is 97.2 Å². The Morgan fingerprint density at radius 3 is 1.65 bits per heavy atom. The Labute approximate surface area is 308 Å². The van der Waals surface area contributed by atoms with Gasteiger partial charge in [0.15, 0.2) is 5.12 Å². The summed E-state index contributed by atoms with van der Waals surface area (Å²) in [7, 11) is 0. The predicted octanol–water partition coefficient (Wildman–Crippen LogP) is 16.1. The average Bonchev–Trinajstić information content (AvgIpc) is 3.08. The number of allylic oxidation sites excluding steroid dienone is 5. The van der Waals surface area contributed by atoms with Crippen molar-refractivity contribution in [2.24, 2.45) is 17.8 Å². The fourth-order valence-corrected chi connectivity index (χ4v) is 5.43. The molecule has 0 fully saturated rings. The van der Waals surface area contributed by atoms with E-state index in [0.29, 0.717) is 0 Å². The minimum Gasteiger partial charge on any atom is -0.287 e. The Morgan fingerprint density at radius 1 is 0.750 bits per heavy atom. The summed E-state index contributed by atoms with van der Waals surface area (Å²) in [4.78, 5) is 10.0. The van der Waals surface area contributed by atoms with Crippen molar-refractivity contribution in [2.45, 2.75) is 198 Å². The molecule has 0 aromatic heterocycles. The SMILES string of the molecule is C=C(C)Cc1ccccc1.CC.CC(C)C(=O)S.CCCCCCCC(CC)C1=CCC=C(C)C1.CCCCCCCCCC(C)CC. The van der Waals surface area contributed by atoms with Gasteiger partial charge in [-0.3, -0.25) is 4.79 Å². The summed E-state index contributed by atoms with van der Waals surface area (Å²) >= 11 is 3.55. The third-order valence-electron chi connectivity index (χ3n) is 8.84. The fraction of sp³-hybridized carbons (Fsp3) is 0.717. The molecular weight excluding hydrogens is 601 g/mol. The second kappa shape index (κ2) is 38.3. The van der Waals surface area contributed by atoms with Crippen LogP contribution in [-0.4, -0.2) is 5.12 Å². The minimum atomic E-state index is -0.0463. The number of benzene rings is 1. The van der Waals surface area contributed by atoms with Crippen LogP contribution in [-0.2, 0) is 11.2 Å². The molecule has 0 bridgehead atoms. The van der Waals surface area contributed by atoms with Crippen LogP contribution in [0.2, 0.25) is 0 Å². The van der Waals surface area contributed by atoms with Crippen molar-refractivity contribution in [3.63, 3.8) is 0 Å². The number of carbonyl (C=O) groups excluding carboxylic acids is 1. The summed E-state index contributed by atoms with van der Waals surface area (Å²) in [5.74, 6) is 1.89. The van der Waals surface area contributed by atoms with Gasteiger partial charge in [-0.15, -0.1) is 12.6 Å². The first-order valence-electron chi connectivity index (χ1n) is 20.3. The van der Waals surface area contributed by atoms with E-state index in [0.717, 1.165) is 18.3 Å². The molecule has 0 saturated heterocycles. The zero-order valence-electron chi connectivity index (χ0n) is 34.3. The summed E-state index contributed by atoms with van der Waals surface area (Å²) in [6.07, 6.45) is 31.0. The number of hydrogen-bond donors (Lipinski definition) is 1. The largest absolute Gasteiger partial charge is 0.287 e. The lowest BCUT2D eigenvalue weighted by Crippen LogP contribution is -2.06. The summed E-state index contributed by atoms with van der Waals surface area (Å²) in [6, 6.07) is 10.4. The van der Waals surface area contributed by atoms with E-state index in [-0.39, 0.29) is 11.0 Å². The van der Waals surface area contributed by atoms with Gasteiger partial charge < -0.3 is 0 Å². The van der Waals surface area contributed by atoms with Crippen LogP contribution < -0.4 is 0 Å². The first-order valence-corrected chi connectivity index (χ1v) is 20.7. The number of carbonyl (C=O) groups is 1. The zero-order valence-corrected chi connectivity index (χ0v) is 35.2. The van der Waals surface area contributed by atoms with E-state index in [9.17, 15) is 4.79 Å². The summed E-state index contributed by atoms with van der Waals surface area (Å²) in [6.45, 7) is 27.4. The molecule has 2 rings (SSSR count). The highest BCUT2D eigenvalue weighted by atomic mass is 32.1. The molecule has 0 aliphatic heterocycles. The summed E-state index contributed by atoms with van der Waals surface area (Å²) < 4.78 is 0. The normalized spacial score (nSPS) is 13.0. The molecule has 2 unspecified atom stereocenters. The van der Waals surface area contributed by atoms with Crippen LogP contribution in [0.5, 0.6) is 0 Å². The Kier molecular flexibility index (Phi) is 40.5. The molecule has 48 heavy (non-hydrogen) atoms. The maximum atomic E-state index is 10.0. The van der Waals surface area contributed by atoms with E-state index in [1.54, 1.807) is 11.1 Å². The third-order valence-corrected chi connectivity index (χ3v) is 9.36. The first-order chi connectivity index (χ1) is 23.0. The van der Waals surface area contributed by atoms with Gasteiger partial charge in [-0.2, -0.15) is 0 Å². The number of hydrogen-bond acceptors (Lipinski definition) is 1. The van der Waals surface area contributed by atoms with E-state index in [1.807, 2.05) is 40.7 Å². The number of rotatable bonds is 20. The van der Waals surface area contributed by atoms with E-state index in [1.165, 1.54) is 127 Å². The summed E-state index contributed by atoms with van der Waals surface area (Å²) in [5.41, 5.74) is 5.86. The quantitative estimate of drug-likeness (QED) is 0.0822. The molecule has 1 nitrogen and oxygen atoms in total. The molecule has 2 atom stereocenters. The third kappa shape index (κ3) is 35.8. The van der Waals surface area contributed by atoms with Gasteiger partial charge in [-0.1, -0.05) is 218 Å². The highest BCUT2D eigenvalue weighted by Gasteiger charge is 2.14. The molecule has 2 heteroatoms. The maximum absolute atomic E-state index is 10.0. The molecule has 0 spiro atoms. The van der Waals surface area contributed by atoms with Gasteiger partial charge in [-0.05, 0) is 63.4 Å². The predicted molar refractivity (Wildman–Crippen MR) is 225 cm³/mol. The molecule has 280 valence electrons. The van der Waals surface area contributed by atoms with Crippen molar-refractivity contribution in [1.29, 1.82) is 0 Å². The smallest absolute Gasteiger partial charge is 0.188 e. The van der Waals surface area contributed by atoms with E-state index >= 15 is 0 Å². The van der Waals surface area contributed by atoms with Crippen molar-refractivity contribution in [3.05, 3.63) is 71.3 Å². The van der Waals surface area contributed by atoms with Crippen LogP contribution in [0.15, 0.2) is 65.8 Å². The van der Waals surface area contributed by atoms with Gasteiger partial charge in [0.25, 0.3) is 0 Å². The Morgan fingerprint density at radius 2 is 1.23 bits per heavy atom. The molecule has 0 saturated carbocycles. The monoisotopic (exact) mass is 685 g/mol. The van der Waals surface area contributed by atoms with Gasteiger partial charge in [-0.25, -0.2) is 0 Å². The molecule has 1 aliphatic carbocycles. The van der Waals surface area contributed by atoms with Crippen LogP contribution in [0.1, 0.15) is 197 Å². The standard InChI is InChI=1S/C17H30.C13H28.C10H12.C4H8OS.C2H6/c1-4-6-7-8-9-12-16(5-2)17-13-10-11-15(3)14-17;1-4-6-7-8-9-10-11-12-13(3)5-2;1-9(2)8-10-6-4-3-5-7-10;1-3(2)4(5)6;1-2/h11,13,16H,4-10,12,14H2,1-3H3;13H,4-12H2,1-3H3;3-7H,1,8H2,2H3;3H,1-2H3,(H,5,6);1-2H3. The average molecular weight is 685 g/mol. The van der Waals surface area contributed by atoms with Gasteiger partial charge >= 0.3 is 0 Å². The Hall–Kier alpha value is -1.54. The second-order valence-electron chi connectivity index (χ2n) is 14.1. The van der Waals surface area contributed by atoms with Gasteiger partial charge in [0, 0.05) is 5.92 Å². The van der Waals surface area contributed by atoms with Crippen molar-refractivity contribution < 1.29 is 4.79 Å². The van der Waals surface area contributed by atoms with Gasteiger partial charge in [0.2, 0.25) is 0 Å². The van der Waals surface area contributed by atoms with E-state index in [4.69, 9.17) is 0 Å². The Bertz CT molecular complexity index is 894. The fourth-order valence-electron chi connectivity index (χ4n) is 5.43. The highest BCUT2D eigenvalue weighted by Crippen LogP contribution is 2.30. The van der Waals surface area contributed by atoms with E-state index < -0.39 is 0 Å². The van der Waals surface area contributed by atoms with Crippen LogP contribution in [0.4, 0.5) is 0 Å². The van der Waals surface area contributed by atoms with Gasteiger partial charge in [0.1, 0.15) is 0 Å². The molecule has 1 aromatic rings. The number of unbranched alkanes of at least 4 members (excludes halogenated alkanes) is 10. The van der Waals surface area contributed by atoms with Crippen LogP contribution >= 0.6 is 12.6 Å². The van der Waals surface area contributed by atoms with Crippen molar-refractivity contribution in [1.82, 2.24) is 0 Å². The molecule has 0 heterocycles. The maximum Gasteiger partial charge on any atom is 0.188 e. The zero-order chi connectivity index (χ0) is 37.0. The topological polar surface area (TPSA) is 17.1 Å². The van der Waals surface area contributed by atoms with Crippen molar-refractivity contribution in [2.75, 3.05) is 0 Å². The van der Waals surface area contributed by atoms with Gasteiger partial charge in [0.05, 0.1) is 0 Å². The molecule has 1 aromatic carbocycles. The van der Waals surface area contributed by atoms with Crippen LogP contribution in [0.3, 0.4) is 0 Å². The number of thiol groups is 1. The minimum absolute atomic E-state index is 0.0463. The molecule has 0 N–H and O–H groups in total.